The fraction of sp³-hybridized carbons (Fsp3) is 0.185. The lowest BCUT2D eigenvalue weighted by atomic mass is 10.2. The van der Waals surface area contributed by atoms with E-state index in [1.54, 1.807) is 36.4 Å². The van der Waals surface area contributed by atoms with Crippen LogP contribution < -0.4 is 20.5 Å². The van der Waals surface area contributed by atoms with Gasteiger partial charge in [0.25, 0.3) is 11.5 Å². The minimum Gasteiger partial charge on any atom is -0.483 e. The molecule has 1 heterocycles. The molecule has 10 heteroatoms. The first-order valence-corrected chi connectivity index (χ1v) is 12.7. The Morgan fingerprint density at radius 3 is 2.62 bits per heavy atom. The largest absolute Gasteiger partial charge is 0.483 e. The number of aryl methyl sites for hydroxylation is 1. The predicted molar refractivity (Wildman–Crippen MR) is 152 cm³/mol. The fourth-order valence-electron chi connectivity index (χ4n) is 3.57. The highest BCUT2D eigenvalue weighted by atomic mass is 79.9. The summed E-state index contributed by atoms with van der Waals surface area (Å²) in [5, 5.41) is 8.28. The molecule has 4 rings (SSSR count). The summed E-state index contributed by atoms with van der Waals surface area (Å²) in [5.74, 6) is 0.656. The van der Waals surface area contributed by atoms with E-state index in [2.05, 4.69) is 31.3 Å². The molecule has 0 aliphatic rings. The number of carbonyl (C=O) groups is 1. The van der Waals surface area contributed by atoms with E-state index in [1.807, 2.05) is 50.2 Å². The summed E-state index contributed by atoms with van der Waals surface area (Å²) in [5.41, 5.74) is 2.45. The van der Waals surface area contributed by atoms with Crippen LogP contribution >= 0.6 is 27.5 Å². The van der Waals surface area contributed by atoms with Crippen molar-refractivity contribution in [1.82, 2.24) is 9.66 Å². The Hall–Kier alpha value is -3.69. The van der Waals surface area contributed by atoms with Gasteiger partial charge in [-0.15, -0.1) is 0 Å². The van der Waals surface area contributed by atoms with Gasteiger partial charge in [-0.2, -0.15) is 9.78 Å². The molecule has 0 fully saturated rings. The molecule has 0 aliphatic heterocycles. The van der Waals surface area contributed by atoms with Crippen LogP contribution in [0, 0.1) is 0 Å². The Morgan fingerprint density at radius 2 is 1.92 bits per heavy atom. The van der Waals surface area contributed by atoms with Gasteiger partial charge in [0, 0.05) is 53.0 Å². The first kappa shape index (κ1) is 26.4. The Labute approximate surface area is 227 Å². The van der Waals surface area contributed by atoms with Crippen LogP contribution in [0.2, 0.25) is 5.02 Å². The fourth-order valence-corrected chi connectivity index (χ4v) is 4.06. The molecule has 1 amide bonds. The molecular formula is C27H25BrClN5O3. The van der Waals surface area contributed by atoms with Crippen molar-refractivity contribution in [1.29, 1.82) is 0 Å². The number of benzene rings is 3. The molecule has 0 saturated heterocycles. The molecule has 1 aromatic heterocycles. The van der Waals surface area contributed by atoms with Crippen LogP contribution in [0.15, 0.2) is 75.0 Å². The van der Waals surface area contributed by atoms with Gasteiger partial charge in [-0.3, -0.25) is 9.59 Å². The normalized spacial score (nSPS) is 11.2. The quantitative estimate of drug-likeness (QED) is 0.283. The number of hydrogen-bond donors (Lipinski definition) is 1. The number of ether oxygens (including phenoxy) is 1. The van der Waals surface area contributed by atoms with E-state index in [-0.39, 0.29) is 18.1 Å². The van der Waals surface area contributed by atoms with Gasteiger partial charge in [-0.25, -0.2) is 4.98 Å². The molecule has 8 nitrogen and oxygen atoms in total. The number of anilines is 2. The summed E-state index contributed by atoms with van der Waals surface area (Å²) in [6.45, 7) is 1.70. The third-order valence-electron chi connectivity index (χ3n) is 5.50. The van der Waals surface area contributed by atoms with E-state index in [9.17, 15) is 9.59 Å². The number of rotatable bonds is 8. The van der Waals surface area contributed by atoms with Gasteiger partial charge in [0.1, 0.15) is 11.6 Å². The monoisotopic (exact) mass is 581 g/mol. The molecule has 37 heavy (non-hydrogen) atoms. The molecule has 0 saturated carbocycles. The van der Waals surface area contributed by atoms with Crippen LogP contribution in [0.1, 0.15) is 18.3 Å². The van der Waals surface area contributed by atoms with Gasteiger partial charge in [0.2, 0.25) is 0 Å². The maximum Gasteiger partial charge on any atom is 0.282 e. The molecule has 0 unspecified atom stereocenters. The van der Waals surface area contributed by atoms with Crippen molar-refractivity contribution in [2.45, 2.75) is 13.3 Å². The van der Waals surface area contributed by atoms with Crippen molar-refractivity contribution in [2.75, 3.05) is 30.9 Å². The third kappa shape index (κ3) is 6.36. The predicted octanol–water partition coefficient (Wildman–Crippen LogP) is 5.34. The summed E-state index contributed by atoms with van der Waals surface area (Å²) in [6.07, 6.45) is 2.06. The second-order valence-corrected chi connectivity index (χ2v) is 9.72. The Morgan fingerprint density at radius 1 is 1.16 bits per heavy atom. The molecular weight excluding hydrogens is 558 g/mol. The molecule has 3 aromatic carbocycles. The second-order valence-electron chi connectivity index (χ2n) is 8.36. The Kier molecular flexibility index (Phi) is 8.25. The van der Waals surface area contributed by atoms with Crippen LogP contribution in [-0.4, -0.2) is 42.5 Å². The summed E-state index contributed by atoms with van der Waals surface area (Å²) in [7, 11) is 3.82. The van der Waals surface area contributed by atoms with Crippen molar-refractivity contribution in [3.05, 3.63) is 91.9 Å². The van der Waals surface area contributed by atoms with Crippen molar-refractivity contribution in [3.8, 4) is 5.75 Å². The van der Waals surface area contributed by atoms with Gasteiger partial charge in [0.05, 0.1) is 17.1 Å². The zero-order chi connectivity index (χ0) is 26.5. The van der Waals surface area contributed by atoms with Crippen LogP contribution in [0.3, 0.4) is 0 Å². The lowest BCUT2D eigenvalue weighted by molar-refractivity contribution is -0.118. The smallest absolute Gasteiger partial charge is 0.282 e. The minimum absolute atomic E-state index is 0.216. The SMILES string of the molecule is CCc1nc2ccc(Br)cc2c(=O)n1N=Cc1ccc(N(C)C)cc1OCC(=O)Nc1ccc(Cl)cc1. The standard InChI is InChI=1S/C27H25BrClN5O3/c1-4-25-32-23-12-6-18(28)13-22(23)27(36)34(25)30-15-17-5-11-21(33(2)3)14-24(17)37-16-26(35)31-20-9-7-19(29)8-10-20/h5-15H,4,16H2,1-3H3,(H,31,35). The number of halogens is 2. The molecule has 4 aromatic rings. The van der Waals surface area contributed by atoms with E-state index in [4.69, 9.17) is 16.3 Å². The summed E-state index contributed by atoms with van der Waals surface area (Å²) in [6, 6.07) is 17.7. The molecule has 0 atom stereocenters. The molecule has 1 N–H and O–H groups in total. The second kappa shape index (κ2) is 11.6. The van der Waals surface area contributed by atoms with E-state index in [0.717, 1.165) is 10.2 Å². The maximum absolute atomic E-state index is 13.2. The summed E-state index contributed by atoms with van der Waals surface area (Å²) >= 11 is 9.31. The first-order valence-electron chi connectivity index (χ1n) is 11.5. The van der Waals surface area contributed by atoms with E-state index in [1.165, 1.54) is 10.9 Å². The average molecular weight is 583 g/mol. The Balaban J connectivity index is 1.63. The average Bonchev–Trinajstić information content (AvgIpc) is 2.88. The number of nitrogens with one attached hydrogen (secondary N) is 1. The van der Waals surface area contributed by atoms with Crippen LogP contribution in [0.25, 0.3) is 10.9 Å². The number of hydrogen-bond acceptors (Lipinski definition) is 6. The topological polar surface area (TPSA) is 88.8 Å². The zero-order valence-electron chi connectivity index (χ0n) is 20.5. The molecule has 190 valence electrons. The van der Waals surface area contributed by atoms with E-state index >= 15 is 0 Å². The van der Waals surface area contributed by atoms with Crippen LogP contribution in [0.4, 0.5) is 11.4 Å². The highest BCUT2D eigenvalue weighted by molar-refractivity contribution is 9.10. The van der Waals surface area contributed by atoms with Gasteiger partial charge in [-0.1, -0.05) is 34.5 Å². The van der Waals surface area contributed by atoms with Gasteiger partial charge < -0.3 is 15.0 Å². The molecule has 0 radical (unpaired) electrons. The highest BCUT2D eigenvalue weighted by Crippen LogP contribution is 2.24. The summed E-state index contributed by atoms with van der Waals surface area (Å²) in [4.78, 5) is 32.2. The van der Waals surface area contributed by atoms with Gasteiger partial charge >= 0.3 is 0 Å². The molecule has 0 spiro atoms. The number of carbonyl (C=O) groups excluding carboxylic acids is 1. The Bertz CT molecular complexity index is 1530. The zero-order valence-corrected chi connectivity index (χ0v) is 22.9. The minimum atomic E-state index is -0.325. The van der Waals surface area contributed by atoms with Crippen molar-refractivity contribution >= 4 is 61.9 Å². The lowest BCUT2D eigenvalue weighted by Crippen LogP contribution is -2.22. The molecule has 0 bridgehead atoms. The van der Waals surface area contributed by atoms with Crippen LogP contribution in [-0.2, 0) is 11.2 Å². The number of fused-ring (bicyclic) bond motifs is 1. The molecule has 0 aliphatic carbocycles. The van der Waals surface area contributed by atoms with E-state index < -0.39 is 0 Å². The number of nitrogens with zero attached hydrogens (tertiary/aromatic N) is 4. The number of aromatic nitrogens is 2. The van der Waals surface area contributed by atoms with Crippen molar-refractivity contribution in [2.24, 2.45) is 5.10 Å². The van der Waals surface area contributed by atoms with Gasteiger partial charge in [-0.05, 0) is 54.6 Å². The number of amides is 1. The summed E-state index contributed by atoms with van der Waals surface area (Å²) < 4.78 is 7.96. The first-order chi connectivity index (χ1) is 17.7. The highest BCUT2D eigenvalue weighted by Gasteiger charge is 2.12. The van der Waals surface area contributed by atoms with E-state index in [0.29, 0.717) is 45.2 Å². The third-order valence-corrected chi connectivity index (χ3v) is 6.25. The van der Waals surface area contributed by atoms with Crippen molar-refractivity contribution in [3.63, 3.8) is 0 Å². The van der Waals surface area contributed by atoms with Gasteiger partial charge in [0.15, 0.2) is 6.61 Å². The lowest BCUT2D eigenvalue weighted by Gasteiger charge is -2.16. The van der Waals surface area contributed by atoms with Crippen molar-refractivity contribution < 1.29 is 9.53 Å². The van der Waals surface area contributed by atoms with Crippen LogP contribution in [0.5, 0.6) is 5.75 Å². The maximum atomic E-state index is 13.2.